The highest BCUT2D eigenvalue weighted by Crippen LogP contribution is 1.78. The van der Waals surface area contributed by atoms with Crippen LogP contribution in [0.25, 0.3) is 0 Å². The summed E-state index contributed by atoms with van der Waals surface area (Å²) in [6.07, 6.45) is 4.20. The van der Waals surface area contributed by atoms with Gasteiger partial charge in [0.2, 0.25) is 0 Å². The molecule has 3 nitrogen and oxygen atoms in total. The van der Waals surface area contributed by atoms with Gasteiger partial charge in [0.15, 0.2) is 0 Å². The number of nitrogens with one attached hydrogen (secondary N) is 1. The van der Waals surface area contributed by atoms with Gasteiger partial charge in [-0.3, -0.25) is 5.41 Å². The third-order valence-corrected chi connectivity index (χ3v) is 0.714. The highest BCUT2D eigenvalue weighted by molar-refractivity contribution is 5.96. The van der Waals surface area contributed by atoms with Gasteiger partial charge in [-0.2, -0.15) is 0 Å². The summed E-state index contributed by atoms with van der Waals surface area (Å²) in [7, 11) is 1.56. The van der Waals surface area contributed by atoms with E-state index < -0.39 is 0 Å². The highest BCUT2D eigenvalue weighted by atomic mass is 16.5. The fourth-order valence-corrected chi connectivity index (χ4v) is 0.311. The first kappa shape index (κ1) is 7.88. The monoisotopic (exact) mass is 126 g/mol. The van der Waals surface area contributed by atoms with Gasteiger partial charge in [0, 0.05) is 5.71 Å². The van der Waals surface area contributed by atoms with Gasteiger partial charge in [-0.15, -0.1) is 0 Å². The Labute approximate surface area is 54.6 Å². The van der Waals surface area contributed by atoms with Crippen molar-refractivity contribution in [3.8, 4) is 0 Å². The molecule has 0 rings (SSSR count). The van der Waals surface area contributed by atoms with Crippen molar-refractivity contribution in [3.63, 3.8) is 0 Å². The number of hydrogen-bond donors (Lipinski definition) is 1. The lowest BCUT2D eigenvalue weighted by atomic mass is 10.4. The number of hydrogen-bond acceptors (Lipinski definition) is 2. The Bertz CT molecular complexity index is 138. The Balaban J connectivity index is 3.74. The lowest BCUT2D eigenvalue weighted by Gasteiger charge is -1.85. The molecule has 0 fully saturated rings. The molecule has 0 aromatic heterocycles. The number of rotatable bonds is 3. The van der Waals surface area contributed by atoms with Gasteiger partial charge < -0.3 is 4.74 Å². The molecule has 50 valence electrons. The average molecular weight is 126 g/mol. The van der Waals surface area contributed by atoms with Gasteiger partial charge in [0.25, 0.3) is 0 Å². The third kappa shape index (κ3) is 4.74. The smallest absolute Gasteiger partial charge is 0.107 e. The quantitative estimate of drug-likeness (QED) is 0.345. The van der Waals surface area contributed by atoms with Crippen LogP contribution in [0.15, 0.2) is 17.3 Å². The molecule has 0 spiro atoms. The molecule has 3 heteroatoms. The van der Waals surface area contributed by atoms with Crippen LogP contribution in [0.1, 0.15) is 6.92 Å². The van der Waals surface area contributed by atoms with Crippen molar-refractivity contribution in [2.75, 3.05) is 7.11 Å². The normalized spacial score (nSPS) is 12.0. The van der Waals surface area contributed by atoms with Crippen molar-refractivity contribution in [1.29, 1.82) is 5.41 Å². The van der Waals surface area contributed by atoms with E-state index in [9.17, 15) is 0 Å². The second-order valence-electron chi connectivity index (χ2n) is 1.44. The van der Waals surface area contributed by atoms with E-state index in [4.69, 9.17) is 5.41 Å². The fourth-order valence-electron chi connectivity index (χ4n) is 0.311. The first-order valence-electron chi connectivity index (χ1n) is 2.54. The molecule has 0 aromatic rings. The van der Waals surface area contributed by atoms with Crippen LogP contribution in [0, 0.1) is 5.41 Å². The van der Waals surface area contributed by atoms with Crippen LogP contribution in [-0.2, 0) is 4.74 Å². The van der Waals surface area contributed by atoms with E-state index in [0.29, 0.717) is 0 Å². The molecule has 9 heavy (non-hydrogen) atoms. The van der Waals surface area contributed by atoms with E-state index in [0.717, 1.165) is 12.1 Å². The Kier molecular flexibility index (Phi) is 4.40. The largest absolute Gasteiger partial charge is 0.504 e. The lowest BCUT2D eigenvalue weighted by Crippen LogP contribution is -1.83. The van der Waals surface area contributed by atoms with Crippen molar-refractivity contribution < 1.29 is 4.74 Å². The summed E-state index contributed by atoms with van der Waals surface area (Å²) in [5.41, 5.74) is 0.756. The molecule has 0 saturated heterocycles. The summed E-state index contributed by atoms with van der Waals surface area (Å²) in [5.74, 6) is 0. The number of allylic oxidation sites excluding steroid dienone is 1. The second kappa shape index (κ2) is 5.03. The van der Waals surface area contributed by atoms with Gasteiger partial charge in [0.05, 0.1) is 13.4 Å². The van der Waals surface area contributed by atoms with Crippen LogP contribution in [0.2, 0.25) is 0 Å². The van der Waals surface area contributed by atoms with Crippen LogP contribution in [0.5, 0.6) is 0 Å². The van der Waals surface area contributed by atoms with Crippen LogP contribution in [0.3, 0.4) is 0 Å². The number of ether oxygens (including phenoxy) is 1. The standard InChI is InChI=1S/C6H10N2O/c1-6(8-5-7)3-4-9-2/h3-5,7H,1-2H3/b4-3+,7-5?,8-6-. The van der Waals surface area contributed by atoms with Crippen molar-refractivity contribution in [1.82, 2.24) is 0 Å². The van der Waals surface area contributed by atoms with Crippen LogP contribution in [0.4, 0.5) is 0 Å². The number of aliphatic imine (C=N–C) groups is 1. The van der Waals surface area contributed by atoms with E-state index in [1.165, 1.54) is 6.26 Å². The Morgan fingerprint density at radius 1 is 1.67 bits per heavy atom. The van der Waals surface area contributed by atoms with E-state index in [-0.39, 0.29) is 0 Å². The summed E-state index contributed by atoms with van der Waals surface area (Å²) < 4.78 is 4.62. The molecule has 0 atom stereocenters. The van der Waals surface area contributed by atoms with Gasteiger partial charge in [0.1, 0.15) is 6.34 Å². The molecule has 0 radical (unpaired) electrons. The highest BCUT2D eigenvalue weighted by Gasteiger charge is 1.76. The molecule has 0 heterocycles. The van der Waals surface area contributed by atoms with E-state index in [1.54, 1.807) is 20.1 Å². The first-order valence-corrected chi connectivity index (χ1v) is 2.54. The van der Waals surface area contributed by atoms with Crippen molar-refractivity contribution >= 4 is 12.1 Å². The van der Waals surface area contributed by atoms with Gasteiger partial charge in [-0.25, -0.2) is 4.99 Å². The van der Waals surface area contributed by atoms with E-state index in [1.807, 2.05) is 0 Å². The molecule has 0 unspecified atom stereocenters. The predicted octanol–water partition coefficient (Wildman–Crippen LogP) is 1.21. The molecule has 1 N–H and O–H groups in total. The van der Waals surface area contributed by atoms with Gasteiger partial charge in [-0.05, 0) is 13.0 Å². The SMILES string of the molecule is CO/C=C/C(C)=N\C=N. The summed E-state index contributed by atoms with van der Waals surface area (Å²) in [6, 6.07) is 0. The lowest BCUT2D eigenvalue weighted by molar-refractivity contribution is 0.338. The van der Waals surface area contributed by atoms with Crippen LogP contribution in [-0.4, -0.2) is 19.2 Å². The zero-order valence-electron chi connectivity index (χ0n) is 5.59. The molecule has 0 bridgehead atoms. The van der Waals surface area contributed by atoms with Crippen LogP contribution >= 0.6 is 0 Å². The van der Waals surface area contributed by atoms with E-state index in [2.05, 4.69) is 9.73 Å². The molecule has 0 amide bonds. The van der Waals surface area contributed by atoms with E-state index >= 15 is 0 Å². The maximum Gasteiger partial charge on any atom is 0.107 e. The summed E-state index contributed by atoms with van der Waals surface area (Å²) in [4.78, 5) is 3.65. The maximum atomic E-state index is 6.58. The number of methoxy groups -OCH3 is 1. The maximum absolute atomic E-state index is 6.58. The Hall–Kier alpha value is -1.12. The molecule has 0 aliphatic carbocycles. The topological polar surface area (TPSA) is 45.4 Å². The minimum atomic E-state index is 0.756. The van der Waals surface area contributed by atoms with Gasteiger partial charge in [-0.1, -0.05) is 0 Å². The molecule has 0 aliphatic rings. The average Bonchev–Trinajstić information content (AvgIpc) is 1.85. The summed E-state index contributed by atoms with van der Waals surface area (Å²) in [6.45, 7) is 1.79. The number of nitrogens with zero attached hydrogens (tertiary/aromatic N) is 1. The summed E-state index contributed by atoms with van der Waals surface area (Å²) >= 11 is 0. The minimum Gasteiger partial charge on any atom is -0.504 e. The van der Waals surface area contributed by atoms with Crippen molar-refractivity contribution in [2.45, 2.75) is 6.92 Å². The van der Waals surface area contributed by atoms with Crippen molar-refractivity contribution in [3.05, 3.63) is 12.3 Å². The summed E-state index contributed by atoms with van der Waals surface area (Å²) in [5, 5.41) is 6.58. The predicted molar refractivity (Wildman–Crippen MR) is 38.0 cm³/mol. The van der Waals surface area contributed by atoms with Crippen LogP contribution < -0.4 is 0 Å². The fraction of sp³-hybridized carbons (Fsp3) is 0.333. The minimum absolute atomic E-state index is 0.756. The Morgan fingerprint density at radius 3 is 2.78 bits per heavy atom. The van der Waals surface area contributed by atoms with Crippen molar-refractivity contribution in [2.24, 2.45) is 4.99 Å². The molecular formula is C6H10N2O. The molecular weight excluding hydrogens is 116 g/mol. The first-order chi connectivity index (χ1) is 4.31. The zero-order valence-corrected chi connectivity index (χ0v) is 5.59. The van der Waals surface area contributed by atoms with Gasteiger partial charge >= 0.3 is 0 Å². The molecule has 0 saturated carbocycles. The Morgan fingerprint density at radius 2 is 2.33 bits per heavy atom. The third-order valence-electron chi connectivity index (χ3n) is 0.714. The molecule has 0 aromatic carbocycles. The zero-order chi connectivity index (χ0) is 7.11. The second-order valence-corrected chi connectivity index (χ2v) is 1.44. The molecule has 0 aliphatic heterocycles.